The number of hydrogen-bond acceptors (Lipinski definition) is 5. The van der Waals surface area contributed by atoms with E-state index in [2.05, 4.69) is 20.5 Å². The smallest absolute Gasteiger partial charge is 0.220 e. The molecule has 20 heavy (non-hydrogen) atoms. The van der Waals surface area contributed by atoms with Crippen LogP contribution in [0.4, 0.5) is 0 Å². The first-order valence-electron chi connectivity index (χ1n) is 6.73. The topological polar surface area (TPSA) is 72.7 Å². The SMILES string of the molecule is CCn1cnnc1CCNC(=O)CCc1scnc1C. The van der Waals surface area contributed by atoms with Crippen LogP contribution in [0.5, 0.6) is 0 Å². The third kappa shape index (κ3) is 3.86. The molecule has 2 rings (SSSR count). The highest BCUT2D eigenvalue weighted by Crippen LogP contribution is 2.13. The average molecular weight is 293 g/mol. The molecule has 0 unspecified atom stereocenters. The minimum Gasteiger partial charge on any atom is -0.356 e. The lowest BCUT2D eigenvalue weighted by Gasteiger charge is -2.05. The van der Waals surface area contributed by atoms with Gasteiger partial charge in [-0.2, -0.15) is 0 Å². The second-order valence-corrected chi connectivity index (χ2v) is 5.43. The van der Waals surface area contributed by atoms with E-state index in [4.69, 9.17) is 0 Å². The maximum atomic E-state index is 11.8. The number of thiazole rings is 1. The van der Waals surface area contributed by atoms with Crippen molar-refractivity contribution in [2.75, 3.05) is 6.54 Å². The van der Waals surface area contributed by atoms with Gasteiger partial charge in [-0.25, -0.2) is 4.98 Å². The quantitative estimate of drug-likeness (QED) is 0.836. The van der Waals surface area contributed by atoms with Crippen molar-refractivity contribution in [2.45, 2.75) is 39.7 Å². The maximum Gasteiger partial charge on any atom is 0.220 e. The third-order valence-corrected chi connectivity index (χ3v) is 4.13. The van der Waals surface area contributed by atoms with E-state index in [0.717, 1.165) is 24.5 Å². The molecule has 2 heterocycles. The molecule has 0 aliphatic rings. The molecular weight excluding hydrogens is 274 g/mol. The van der Waals surface area contributed by atoms with Gasteiger partial charge >= 0.3 is 0 Å². The average Bonchev–Trinajstić information content (AvgIpc) is 3.05. The first-order valence-corrected chi connectivity index (χ1v) is 7.61. The molecule has 0 bridgehead atoms. The summed E-state index contributed by atoms with van der Waals surface area (Å²) in [6, 6.07) is 0. The Balaban J connectivity index is 1.69. The third-order valence-electron chi connectivity index (χ3n) is 3.13. The highest BCUT2D eigenvalue weighted by atomic mass is 32.1. The van der Waals surface area contributed by atoms with Crippen LogP contribution in [0.1, 0.15) is 29.7 Å². The van der Waals surface area contributed by atoms with Crippen LogP contribution in [-0.4, -0.2) is 32.2 Å². The molecule has 0 saturated heterocycles. The first kappa shape index (κ1) is 14.6. The Bertz CT molecular complexity index is 563. The monoisotopic (exact) mass is 293 g/mol. The van der Waals surface area contributed by atoms with Crippen molar-refractivity contribution in [3.8, 4) is 0 Å². The molecule has 0 atom stereocenters. The summed E-state index contributed by atoms with van der Waals surface area (Å²) in [6.07, 6.45) is 3.68. The lowest BCUT2D eigenvalue weighted by Crippen LogP contribution is -2.26. The summed E-state index contributed by atoms with van der Waals surface area (Å²) >= 11 is 1.61. The van der Waals surface area contributed by atoms with E-state index in [0.29, 0.717) is 19.4 Å². The summed E-state index contributed by atoms with van der Waals surface area (Å²) in [4.78, 5) is 17.1. The number of aryl methyl sites for hydroxylation is 3. The van der Waals surface area contributed by atoms with Crippen molar-refractivity contribution >= 4 is 17.2 Å². The first-order chi connectivity index (χ1) is 9.70. The number of carbonyl (C=O) groups is 1. The Morgan fingerprint density at radius 1 is 1.45 bits per heavy atom. The maximum absolute atomic E-state index is 11.8. The molecule has 0 aromatic carbocycles. The van der Waals surface area contributed by atoms with Gasteiger partial charge in [0.15, 0.2) is 0 Å². The molecule has 0 aliphatic carbocycles. The van der Waals surface area contributed by atoms with Crippen LogP contribution in [0.2, 0.25) is 0 Å². The predicted octanol–water partition coefficient (Wildman–Crippen LogP) is 1.35. The lowest BCUT2D eigenvalue weighted by molar-refractivity contribution is -0.121. The van der Waals surface area contributed by atoms with Crippen molar-refractivity contribution < 1.29 is 4.79 Å². The van der Waals surface area contributed by atoms with Gasteiger partial charge in [0.1, 0.15) is 12.2 Å². The fraction of sp³-hybridized carbons (Fsp3) is 0.538. The highest BCUT2D eigenvalue weighted by molar-refractivity contribution is 7.09. The van der Waals surface area contributed by atoms with E-state index in [9.17, 15) is 4.79 Å². The molecule has 6 nitrogen and oxygen atoms in total. The molecule has 1 amide bonds. The number of aromatic nitrogens is 4. The largest absolute Gasteiger partial charge is 0.356 e. The summed E-state index contributed by atoms with van der Waals surface area (Å²) in [5, 5.41) is 10.8. The number of rotatable bonds is 7. The van der Waals surface area contributed by atoms with Gasteiger partial charge in [0, 0.05) is 30.8 Å². The van der Waals surface area contributed by atoms with Gasteiger partial charge in [-0.15, -0.1) is 21.5 Å². The molecule has 0 spiro atoms. The standard InChI is InChI=1S/C13H19N5OS/c1-3-18-8-16-17-12(18)6-7-14-13(19)5-4-11-10(2)15-9-20-11/h8-9H,3-7H2,1-2H3,(H,14,19). The minimum atomic E-state index is 0.0698. The molecule has 0 radical (unpaired) electrons. The van der Waals surface area contributed by atoms with Gasteiger partial charge in [0.25, 0.3) is 0 Å². The zero-order valence-corrected chi connectivity index (χ0v) is 12.6. The second kappa shape index (κ2) is 7.14. The number of nitrogens with zero attached hydrogens (tertiary/aromatic N) is 4. The fourth-order valence-corrected chi connectivity index (χ4v) is 2.71. The van der Waals surface area contributed by atoms with Crippen molar-refractivity contribution in [2.24, 2.45) is 0 Å². The fourth-order valence-electron chi connectivity index (χ4n) is 1.93. The van der Waals surface area contributed by atoms with Crippen LogP contribution in [0, 0.1) is 6.92 Å². The number of hydrogen-bond donors (Lipinski definition) is 1. The van der Waals surface area contributed by atoms with Crippen LogP contribution >= 0.6 is 11.3 Å². The summed E-state index contributed by atoms with van der Waals surface area (Å²) in [6.45, 7) is 5.46. The summed E-state index contributed by atoms with van der Waals surface area (Å²) in [7, 11) is 0. The molecule has 0 saturated carbocycles. The molecular formula is C13H19N5OS. The van der Waals surface area contributed by atoms with Gasteiger partial charge in [0.2, 0.25) is 5.91 Å². The molecule has 7 heteroatoms. The normalized spacial score (nSPS) is 10.7. The number of nitrogens with one attached hydrogen (secondary N) is 1. The Hall–Kier alpha value is -1.76. The van der Waals surface area contributed by atoms with E-state index < -0.39 is 0 Å². The summed E-state index contributed by atoms with van der Waals surface area (Å²) in [5.41, 5.74) is 2.85. The molecule has 0 aliphatic heterocycles. The van der Waals surface area contributed by atoms with Crippen LogP contribution < -0.4 is 5.32 Å². The number of amides is 1. The highest BCUT2D eigenvalue weighted by Gasteiger charge is 2.07. The van der Waals surface area contributed by atoms with E-state index >= 15 is 0 Å². The minimum absolute atomic E-state index is 0.0698. The predicted molar refractivity (Wildman–Crippen MR) is 77.6 cm³/mol. The second-order valence-electron chi connectivity index (χ2n) is 4.49. The van der Waals surface area contributed by atoms with Crippen molar-refractivity contribution in [1.29, 1.82) is 0 Å². The Labute approximate surface area is 122 Å². The van der Waals surface area contributed by atoms with Crippen LogP contribution in [0.3, 0.4) is 0 Å². The van der Waals surface area contributed by atoms with Crippen molar-refractivity contribution in [3.05, 3.63) is 28.2 Å². The van der Waals surface area contributed by atoms with E-state index in [1.807, 2.05) is 23.9 Å². The van der Waals surface area contributed by atoms with Gasteiger partial charge in [-0.3, -0.25) is 4.79 Å². The Morgan fingerprint density at radius 2 is 2.30 bits per heavy atom. The van der Waals surface area contributed by atoms with E-state index in [-0.39, 0.29) is 5.91 Å². The van der Waals surface area contributed by atoms with Crippen LogP contribution in [-0.2, 0) is 24.2 Å². The molecule has 2 aromatic rings. The molecule has 0 fully saturated rings. The van der Waals surface area contributed by atoms with E-state index in [1.54, 1.807) is 17.7 Å². The molecule has 2 aromatic heterocycles. The van der Waals surface area contributed by atoms with Crippen LogP contribution in [0.25, 0.3) is 0 Å². The van der Waals surface area contributed by atoms with Gasteiger partial charge in [-0.1, -0.05) is 0 Å². The zero-order chi connectivity index (χ0) is 14.4. The van der Waals surface area contributed by atoms with Gasteiger partial charge < -0.3 is 9.88 Å². The van der Waals surface area contributed by atoms with Gasteiger partial charge in [0.05, 0.1) is 11.2 Å². The zero-order valence-electron chi connectivity index (χ0n) is 11.8. The molecule has 108 valence electrons. The van der Waals surface area contributed by atoms with E-state index in [1.165, 1.54) is 4.88 Å². The summed E-state index contributed by atoms with van der Waals surface area (Å²) < 4.78 is 1.98. The Kier molecular flexibility index (Phi) is 5.23. The van der Waals surface area contributed by atoms with Crippen molar-refractivity contribution in [3.63, 3.8) is 0 Å². The molecule has 1 N–H and O–H groups in total. The lowest BCUT2D eigenvalue weighted by atomic mass is 10.2. The number of carbonyl (C=O) groups excluding carboxylic acids is 1. The van der Waals surface area contributed by atoms with Crippen molar-refractivity contribution in [1.82, 2.24) is 25.1 Å². The Morgan fingerprint density at radius 3 is 3.00 bits per heavy atom. The van der Waals surface area contributed by atoms with Crippen LogP contribution in [0.15, 0.2) is 11.8 Å². The van der Waals surface area contributed by atoms with Gasteiger partial charge in [-0.05, 0) is 20.3 Å². The summed E-state index contributed by atoms with van der Waals surface area (Å²) in [5.74, 6) is 0.978.